The van der Waals surface area contributed by atoms with E-state index in [9.17, 15) is 13.0 Å². The molecule has 0 aromatic heterocycles. The minimum Gasteiger partial charge on any atom is -0.282 e. The van der Waals surface area contributed by atoms with Crippen molar-refractivity contribution in [2.45, 2.75) is 4.90 Å². The van der Waals surface area contributed by atoms with Crippen molar-refractivity contribution in [2.75, 3.05) is 0 Å². The fourth-order valence-corrected chi connectivity index (χ4v) is 3.71. The summed E-state index contributed by atoms with van der Waals surface area (Å²) >= 11 is 11.8. The first kappa shape index (κ1) is 17.0. The van der Waals surface area contributed by atoms with Crippen LogP contribution in [-0.2, 0) is 10.1 Å². The largest absolute Gasteiger partial charge is 0.295 e. The Morgan fingerprint density at radius 1 is 0.667 bits per heavy atom. The molecular formula is C18H12Cl2O3S. The van der Waals surface area contributed by atoms with Crippen molar-refractivity contribution in [1.29, 1.82) is 0 Å². The average Bonchev–Trinajstić information content (AvgIpc) is 2.55. The number of benzene rings is 3. The van der Waals surface area contributed by atoms with Crippen molar-refractivity contribution in [1.82, 2.24) is 0 Å². The summed E-state index contributed by atoms with van der Waals surface area (Å²) in [6.45, 7) is 0. The fourth-order valence-electron chi connectivity index (χ4n) is 2.53. The van der Waals surface area contributed by atoms with Gasteiger partial charge < -0.3 is 0 Å². The Hall–Kier alpha value is -1.85. The molecule has 24 heavy (non-hydrogen) atoms. The summed E-state index contributed by atoms with van der Waals surface area (Å²) in [6, 6.07) is 18.5. The summed E-state index contributed by atoms with van der Waals surface area (Å²) in [5.74, 6) is 0. The van der Waals surface area contributed by atoms with Gasteiger partial charge in [-0.05, 0) is 35.4 Å². The van der Waals surface area contributed by atoms with E-state index in [1.165, 1.54) is 0 Å². The Balaban J connectivity index is 2.30. The highest BCUT2D eigenvalue weighted by Gasteiger charge is 2.22. The number of halogens is 2. The van der Waals surface area contributed by atoms with Gasteiger partial charge in [-0.15, -0.1) is 0 Å². The summed E-state index contributed by atoms with van der Waals surface area (Å²) in [5.41, 5.74) is 2.09. The molecule has 3 aromatic rings. The standard InChI is InChI=1S/C18H12Cl2O3S/c19-14-8-4-12(5-9-14)16-2-1-3-17(18(16)24(21,22)23)13-6-10-15(20)11-7-13/h1-11H,(H,21,22,23). The van der Waals surface area contributed by atoms with Crippen LogP contribution in [0.5, 0.6) is 0 Å². The lowest BCUT2D eigenvalue weighted by molar-refractivity contribution is 0.484. The lowest BCUT2D eigenvalue weighted by Gasteiger charge is -2.13. The molecule has 0 saturated carbocycles. The van der Waals surface area contributed by atoms with Crippen LogP contribution >= 0.6 is 23.2 Å². The van der Waals surface area contributed by atoms with Crippen molar-refractivity contribution in [3.63, 3.8) is 0 Å². The lowest BCUT2D eigenvalue weighted by Crippen LogP contribution is -2.03. The maximum absolute atomic E-state index is 12.1. The van der Waals surface area contributed by atoms with Crippen LogP contribution in [0.4, 0.5) is 0 Å². The van der Waals surface area contributed by atoms with Gasteiger partial charge in [-0.25, -0.2) is 0 Å². The highest BCUT2D eigenvalue weighted by molar-refractivity contribution is 7.86. The molecule has 122 valence electrons. The molecule has 0 aliphatic rings. The molecule has 1 N–H and O–H groups in total. The van der Waals surface area contributed by atoms with Crippen LogP contribution in [0.15, 0.2) is 71.6 Å². The fraction of sp³-hybridized carbons (Fsp3) is 0. The van der Waals surface area contributed by atoms with Crippen molar-refractivity contribution >= 4 is 33.3 Å². The Morgan fingerprint density at radius 3 is 1.38 bits per heavy atom. The second-order valence-electron chi connectivity index (χ2n) is 5.17. The molecule has 0 saturated heterocycles. The SMILES string of the molecule is O=S(=O)(O)c1c(-c2ccc(Cl)cc2)cccc1-c1ccc(Cl)cc1. The monoisotopic (exact) mass is 378 g/mol. The third kappa shape index (κ3) is 3.47. The molecule has 3 rings (SSSR count). The predicted molar refractivity (Wildman–Crippen MR) is 97.1 cm³/mol. The summed E-state index contributed by atoms with van der Waals surface area (Å²) < 4.78 is 33.9. The summed E-state index contributed by atoms with van der Waals surface area (Å²) in [7, 11) is -4.45. The third-order valence-electron chi connectivity index (χ3n) is 3.58. The molecule has 0 amide bonds. The zero-order valence-electron chi connectivity index (χ0n) is 12.3. The molecule has 3 nitrogen and oxygen atoms in total. The van der Waals surface area contributed by atoms with E-state index in [1.54, 1.807) is 66.7 Å². The van der Waals surface area contributed by atoms with Crippen LogP contribution in [0.3, 0.4) is 0 Å². The maximum Gasteiger partial charge on any atom is 0.295 e. The summed E-state index contributed by atoms with van der Waals surface area (Å²) in [4.78, 5) is -0.144. The smallest absolute Gasteiger partial charge is 0.282 e. The molecule has 0 spiro atoms. The van der Waals surface area contributed by atoms with E-state index in [2.05, 4.69) is 0 Å². The first-order valence-corrected chi connectivity index (χ1v) is 9.18. The minimum absolute atomic E-state index is 0.144. The van der Waals surface area contributed by atoms with E-state index >= 15 is 0 Å². The van der Waals surface area contributed by atoms with Crippen LogP contribution in [0.1, 0.15) is 0 Å². The van der Waals surface area contributed by atoms with Crippen molar-refractivity contribution < 1.29 is 13.0 Å². The summed E-state index contributed by atoms with van der Waals surface area (Å²) in [6.07, 6.45) is 0. The van der Waals surface area contributed by atoms with Crippen LogP contribution in [-0.4, -0.2) is 13.0 Å². The van der Waals surface area contributed by atoms with E-state index in [1.807, 2.05) is 0 Å². The number of rotatable bonds is 3. The van der Waals surface area contributed by atoms with Crippen LogP contribution in [0, 0.1) is 0 Å². The Labute approximate surface area is 150 Å². The Bertz CT molecular complexity index is 916. The van der Waals surface area contributed by atoms with Crippen LogP contribution in [0.25, 0.3) is 22.3 Å². The van der Waals surface area contributed by atoms with Gasteiger partial charge in [0.25, 0.3) is 10.1 Å². The quantitative estimate of drug-likeness (QED) is 0.605. The first-order chi connectivity index (χ1) is 11.4. The van der Waals surface area contributed by atoms with E-state index < -0.39 is 10.1 Å². The number of hydrogen-bond acceptors (Lipinski definition) is 2. The van der Waals surface area contributed by atoms with Gasteiger partial charge in [0.05, 0.1) is 0 Å². The maximum atomic E-state index is 12.1. The van der Waals surface area contributed by atoms with Gasteiger partial charge in [0.1, 0.15) is 4.90 Å². The Kier molecular flexibility index (Phi) is 4.65. The molecule has 3 aromatic carbocycles. The molecule has 0 radical (unpaired) electrons. The molecule has 0 heterocycles. The number of hydrogen-bond donors (Lipinski definition) is 1. The molecule has 0 fully saturated rings. The van der Waals surface area contributed by atoms with Gasteiger partial charge >= 0.3 is 0 Å². The third-order valence-corrected chi connectivity index (χ3v) is 5.04. The normalized spacial score (nSPS) is 11.5. The van der Waals surface area contributed by atoms with Gasteiger partial charge in [-0.2, -0.15) is 8.42 Å². The first-order valence-electron chi connectivity index (χ1n) is 6.98. The van der Waals surface area contributed by atoms with Gasteiger partial charge in [-0.1, -0.05) is 65.7 Å². The molecule has 0 bridgehead atoms. The molecule has 0 aliphatic heterocycles. The Morgan fingerprint density at radius 2 is 1.04 bits per heavy atom. The average molecular weight is 379 g/mol. The van der Waals surface area contributed by atoms with Crippen LogP contribution in [0.2, 0.25) is 10.0 Å². The van der Waals surface area contributed by atoms with Gasteiger partial charge in [0.15, 0.2) is 0 Å². The van der Waals surface area contributed by atoms with Crippen molar-refractivity contribution in [3.05, 3.63) is 76.8 Å². The highest BCUT2D eigenvalue weighted by atomic mass is 35.5. The topological polar surface area (TPSA) is 54.4 Å². The second-order valence-corrected chi connectivity index (χ2v) is 7.40. The van der Waals surface area contributed by atoms with E-state index in [-0.39, 0.29) is 4.90 Å². The van der Waals surface area contributed by atoms with Gasteiger partial charge in [-0.3, -0.25) is 4.55 Å². The minimum atomic E-state index is -4.45. The van der Waals surface area contributed by atoms with Crippen molar-refractivity contribution in [2.24, 2.45) is 0 Å². The zero-order valence-corrected chi connectivity index (χ0v) is 14.6. The summed E-state index contributed by atoms with van der Waals surface area (Å²) in [5, 5.41) is 1.09. The van der Waals surface area contributed by atoms with Crippen molar-refractivity contribution in [3.8, 4) is 22.3 Å². The second kappa shape index (κ2) is 6.57. The molecule has 6 heteroatoms. The lowest BCUT2D eigenvalue weighted by atomic mass is 9.99. The van der Waals surface area contributed by atoms with E-state index in [0.29, 0.717) is 32.3 Å². The van der Waals surface area contributed by atoms with Gasteiger partial charge in [0, 0.05) is 21.2 Å². The van der Waals surface area contributed by atoms with Crippen LogP contribution < -0.4 is 0 Å². The molecule has 0 atom stereocenters. The van der Waals surface area contributed by atoms with E-state index in [4.69, 9.17) is 23.2 Å². The van der Waals surface area contributed by atoms with E-state index in [0.717, 1.165) is 0 Å². The molecule has 0 unspecified atom stereocenters. The molecule has 0 aliphatic carbocycles. The molecular weight excluding hydrogens is 367 g/mol. The zero-order chi connectivity index (χ0) is 17.3. The highest BCUT2D eigenvalue weighted by Crippen LogP contribution is 2.36. The predicted octanol–water partition coefficient (Wildman–Crippen LogP) is 5.57. The van der Waals surface area contributed by atoms with Gasteiger partial charge in [0.2, 0.25) is 0 Å².